The molecule has 0 aromatic heterocycles. The van der Waals surface area contributed by atoms with E-state index in [0.29, 0.717) is 5.75 Å². The first-order valence-electron chi connectivity index (χ1n) is 4.76. The summed E-state index contributed by atoms with van der Waals surface area (Å²) in [6.45, 7) is 1.84. The van der Waals surface area contributed by atoms with Gasteiger partial charge in [-0.1, -0.05) is 18.2 Å². The summed E-state index contributed by atoms with van der Waals surface area (Å²) in [6, 6.07) is 8.97. The molecule has 0 fully saturated rings. The van der Waals surface area contributed by atoms with E-state index in [1.165, 1.54) is 0 Å². The van der Waals surface area contributed by atoms with E-state index in [4.69, 9.17) is 4.74 Å². The first kappa shape index (κ1) is 11.5. The van der Waals surface area contributed by atoms with Crippen molar-refractivity contribution in [1.82, 2.24) is 0 Å². The minimum absolute atomic E-state index is 0.0944. The Morgan fingerprint density at radius 2 is 2.07 bits per heavy atom. The van der Waals surface area contributed by atoms with Crippen LogP contribution >= 0.6 is 0 Å². The summed E-state index contributed by atoms with van der Waals surface area (Å²) < 4.78 is 9.81. The van der Waals surface area contributed by atoms with E-state index in [9.17, 15) is 9.90 Å². The molecule has 0 heterocycles. The largest absolute Gasteiger partial charge is 0.490 e. The lowest BCUT2D eigenvalue weighted by molar-refractivity contribution is -0.154. The summed E-state index contributed by atoms with van der Waals surface area (Å²) in [5, 5.41) is 9.31. The average molecular weight is 210 g/mol. The molecular weight excluding hydrogens is 196 g/mol. The van der Waals surface area contributed by atoms with Crippen LogP contribution in [-0.2, 0) is 9.53 Å². The number of hydrogen-bond donors (Lipinski definition) is 1. The Hall–Kier alpha value is -1.55. The van der Waals surface area contributed by atoms with Gasteiger partial charge in [0.1, 0.15) is 12.4 Å². The number of carbonyl (C=O) groups is 1. The van der Waals surface area contributed by atoms with Crippen LogP contribution in [0.4, 0.5) is 0 Å². The second kappa shape index (κ2) is 6.03. The van der Waals surface area contributed by atoms with Gasteiger partial charge in [0.15, 0.2) is 6.10 Å². The second-order valence-electron chi connectivity index (χ2n) is 2.89. The van der Waals surface area contributed by atoms with Gasteiger partial charge in [-0.15, -0.1) is 0 Å². The van der Waals surface area contributed by atoms with Gasteiger partial charge in [-0.3, -0.25) is 0 Å². The molecule has 15 heavy (non-hydrogen) atoms. The third kappa shape index (κ3) is 3.99. The fourth-order valence-corrected chi connectivity index (χ4v) is 0.998. The lowest BCUT2D eigenvalue weighted by Gasteiger charge is -2.10. The van der Waals surface area contributed by atoms with Crippen LogP contribution in [0.15, 0.2) is 30.3 Å². The lowest BCUT2D eigenvalue weighted by Crippen LogP contribution is -2.29. The molecule has 4 heteroatoms. The highest BCUT2D eigenvalue weighted by Crippen LogP contribution is 2.08. The number of ether oxygens (including phenoxy) is 2. The molecule has 1 atom stereocenters. The van der Waals surface area contributed by atoms with E-state index in [2.05, 4.69) is 4.74 Å². The van der Waals surface area contributed by atoms with Crippen molar-refractivity contribution in [3.8, 4) is 5.75 Å². The zero-order valence-corrected chi connectivity index (χ0v) is 8.55. The molecule has 1 rings (SSSR count). The molecule has 0 aliphatic carbocycles. The Balaban J connectivity index is 2.34. The standard InChI is InChI=1S/C11H14O4/c1-2-14-11(13)10(12)8-15-9-6-4-3-5-7-9/h3-7,10,12H,2,8H2,1H3. The van der Waals surface area contributed by atoms with Crippen molar-refractivity contribution in [2.75, 3.05) is 13.2 Å². The van der Waals surface area contributed by atoms with Gasteiger partial charge in [-0.25, -0.2) is 4.79 Å². The second-order valence-corrected chi connectivity index (χ2v) is 2.89. The van der Waals surface area contributed by atoms with Gasteiger partial charge in [-0.05, 0) is 19.1 Å². The van der Waals surface area contributed by atoms with Crippen LogP contribution in [0.5, 0.6) is 5.75 Å². The fraction of sp³-hybridized carbons (Fsp3) is 0.364. The lowest BCUT2D eigenvalue weighted by atomic mass is 10.3. The zero-order chi connectivity index (χ0) is 11.1. The monoisotopic (exact) mass is 210 g/mol. The Morgan fingerprint density at radius 1 is 1.40 bits per heavy atom. The summed E-state index contributed by atoms with van der Waals surface area (Å²) >= 11 is 0. The number of aliphatic hydroxyl groups excluding tert-OH is 1. The minimum Gasteiger partial charge on any atom is -0.490 e. The first-order chi connectivity index (χ1) is 7.24. The quantitative estimate of drug-likeness (QED) is 0.736. The molecule has 1 N–H and O–H groups in total. The highest BCUT2D eigenvalue weighted by molar-refractivity contribution is 5.74. The van der Waals surface area contributed by atoms with E-state index >= 15 is 0 Å². The molecule has 4 nitrogen and oxygen atoms in total. The number of hydrogen-bond acceptors (Lipinski definition) is 4. The normalized spacial score (nSPS) is 11.9. The van der Waals surface area contributed by atoms with Crippen LogP contribution in [0.2, 0.25) is 0 Å². The molecule has 0 radical (unpaired) electrons. The topological polar surface area (TPSA) is 55.8 Å². The molecule has 0 saturated heterocycles. The Labute approximate surface area is 88.4 Å². The van der Waals surface area contributed by atoms with Gasteiger partial charge < -0.3 is 14.6 Å². The van der Waals surface area contributed by atoms with Crippen LogP contribution < -0.4 is 4.74 Å². The molecule has 0 bridgehead atoms. The van der Waals surface area contributed by atoms with Crippen molar-refractivity contribution >= 4 is 5.97 Å². The van der Waals surface area contributed by atoms with Crippen molar-refractivity contribution in [2.24, 2.45) is 0 Å². The van der Waals surface area contributed by atoms with Gasteiger partial charge in [0.05, 0.1) is 6.61 Å². The molecule has 0 saturated carbocycles. The number of carbonyl (C=O) groups excluding carboxylic acids is 1. The molecular formula is C11H14O4. The summed E-state index contributed by atoms with van der Waals surface area (Å²) in [6.07, 6.45) is -1.23. The van der Waals surface area contributed by atoms with Crippen LogP contribution in [0.25, 0.3) is 0 Å². The predicted molar refractivity (Wildman–Crippen MR) is 54.6 cm³/mol. The number of para-hydroxylation sites is 1. The summed E-state index contributed by atoms with van der Waals surface area (Å²) in [5.41, 5.74) is 0. The minimum atomic E-state index is -1.23. The maximum Gasteiger partial charge on any atom is 0.338 e. The van der Waals surface area contributed by atoms with E-state index in [0.717, 1.165) is 0 Å². The van der Waals surface area contributed by atoms with Crippen molar-refractivity contribution in [1.29, 1.82) is 0 Å². The van der Waals surface area contributed by atoms with Crippen molar-refractivity contribution in [2.45, 2.75) is 13.0 Å². The maximum absolute atomic E-state index is 11.0. The van der Waals surface area contributed by atoms with Crippen molar-refractivity contribution in [3.05, 3.63) is 30.3 Å². The van der Waals surface area contributed by atoms with Gasteiger partial charge in [0, 0.05) is 0 Å². The van der Waals surface area contributed by atoms with Gasteiger partial charge in [0.2, 0.25) is 0 Å². The van der Waals surface area contributed by atoms with E-state index < -0.39 is 12.1 Å². The van der Waals surface area contributed by atoms with Gasteiger partial charge >= 0.3 is 5.97 Å². The van der Waals surface area contributed by atoms with Gasteiger partial charge in [0.25, 0.3) is 0 Å². The molecule has 1 unspecified atom stereocenters. The smallest absolute Gasteiger partial charge is 0.338 e. The molecule has 0 aliphatic rings. The van der Waals surface area contributed by atoms with Crippen molar-refractivity contribution < 1.29 is 19.4 Å². The van der Waals surface area contributed by atoms with Gasteiger partial charge in [-0.2, -0.15) is 0 Å². The summed E-state index contributed by atoms with van der Waals surface area (Å²) in [7, 11) is 0. The van der Waals surface area contributed by atoms with E-state index in [1.807, 2.05) is 18.2 Å². The number of rotatable bonds is 5. The molecule has 0 spiro atoms. The van der Waals surface area contributed by atoms with Crippen LogP contribution in [0.3, 0.4) is 0 Å². The van der Waals surface area contributed by atoms with E-state index in [-0.39, 0.29) is 13.2 Å². The Morgan fingerprint density at radius 3 is 2.67 bits per heavy atom. The third-order valence-corrected chi connectivity index (χ3v) is 1.71. The predicted octanol–water partition coefficient (Wildman–Crippen LogP) is 0.989. The number of esters is 1. The molecule has 1 aromatic carbocycles. The Kier molecular flexibility index (Phi) is 4.63. The SMILES string of the molecule is CCOC(=O)C(O)COc1ccccc1. The Bertz CT molecular complexity index is 297. The number of benzene rings is 1. The third-order valence-electron chi connectivity index (χ3n) is 1.71. The molecule has 0 amide bonds. The molecule has 0 aliphatic heterocycles. The first-order valence-corrected chi connectivity index (χ1v) is 4.76. The zero-order valence-electron chi connectivity index (χ0n) is 8.55. The fourth-order valence-electron chi connectivity index (χ4n) is 0.998. The maximum atomic E-state index is 11.0. The van der Waals surface area contributed by atoms with Crippen LogP contribution in [-0.4, -0.2) is 30.4 Å². The molecule has 82 valence electrons. The van der Waals surface area contributed by atoms with Crippen molar-refractivity contribution in [3.63, 3.8) is 0 Å². The van der Waals surface area contributed by atoms with E-state index in [1.54, 1.807) is 19.1 Å². The number of aliphatic hydroxyl groups is 1. The molecule has 1 aromatic rings. The average Bonchev–Trinajstić information content (AvgIpc) is 2.27. The summed E-state index contributed by atoms with van der Waals surface area (Å²) in [5.74, 6) is -0.0470. The highest BCUT2D eigenvalue weighted by Gasteiger charge is 2.16. The van der Waals surface area contributed by atoms with Crippen LogP contribution in [0.1, 0.15) is 6.92 Å². The van der Waals surface area contributed by atoms with Crippen LogP contribution in [0, 0.1) is 0 Å². The summed E-state index contributed by atoms with van der Waals surface area (Å²) in [4.78, 5) is 11.0. The highest BCUT2D eigenvalue weighted by atomic mass is 16.6.